The van der Waals surface area contributed by atoms with Crippen LogP contribution in [0.3, 0.4) is 0 Å². The Labute approximate surface area is 179 Å². The van der Waals surface area contributed by atoms with Crippen LogP contribution in [0.2, 0.25) is 20.1 Å². The third-order valence-corrected chi connectivity index (χ3v) is 5.52. The van der Waals surface area contributed by atoms with Gasteiger partial charge in [-0.2, -0.15) is 0 Å². The summed E-state index contributed by atoms with van der Waals surface area (Å²) in [7, 11) is 0. The van der Waals surface area contributed by atoms with Gasteiger partial charge in [-0.25, -0.2) is 0 Å². The van der Waals surface area contributed by atoms with Gasteiger partial charge in [-0.05, 0) is 30.3 Å². The molecular formula is C17H9Cl4NO2S2. The lowest BCUT2D eigenvalue weighted by Gasteiger charge is -2.01. The first-order chi connectivity index (χ1) is 12.3. The molecule has 1 amide bonds. The Morgan fingerprint density at radius 1 is 0.885 bits per heavy atom. The van der Waals surface area contributed by atoms with Crippen molar-refractivity contribution >= 4 is 93.0 Å². The zero-order chi connectivity index (χ0) is 19.3. The predicted octanol–water partition coefficient (Wildman–Crippen LogP) is 6.29. The minimum Gasteiger partial charge on any atom is -0.307 e. The Morgan fingerprint density at radius 3 is 1.69 bits per heavy atom. The second-order valence-electron chi connectivity index (χ2n) is 4.74. The summed E-state index contributed by atoms with van der Waals surface area (Å²) in [5.74, 6) is -0.217. The average Bonchev–Trinajstić information content (AvgIpc) is 2.89. The molecule has 1 saturated heterocycles. The molecule has 1 heterocycles. The summed E-state index contributed by atoms with van der Waals surface area (Å²) in [6.45, 7) is 0. The Balaban J connectivity index is 0.000000209. The molecule has 2 aromatic carbocycles. The zero-order valence-corrected chi connectivity index (χ0v) is 17.4. The Kier molecular flexibility index (Phi) is 7.95. The van der Waals surface area contributed by atoms with Crippen molar-refractivity contribution < 1.29 is 9.59 Å². The van der Waals surface area contributed by atoms with Crippen LogP contribution in [0.1, 0.15) is 15.9 Å². The van der Waals surface area contributed by atoms with Crippen LogP contribution in [0.5, 0.6) is 0 Å². The van der Waals surface area contributed by atoms with E-state index in [1.165, 1.54) is 11.8 Å². The molecule has 0 radical (unpaired) electrons. The number of aldehydes is 1. The van der Waals surface area contributed by atoms with Crippen molar-refractivity contribution in [1.82, 2.24) is 5.32 Å². The van der Waals surface area contributed by atoms with Crippen LogP contribution in [-0.4, -0.2) is 16.5 Å². The molecule has 1 N–H and O–H groups in total. The normalized spacial score (nSPS) is 14.7. The number of carbonyl (C=O) groups is 2. The number of rotatable bonds is 2. The first-order valence-electron chi connectivity index (χ1n) is 6.91. The molecule has 2 aromatic rings. The Bertz CT molecular complexity index is 875. The van der Waals surface area contributed by atoms with Gasteiger partial charge >= 0.3 is 0 Å². The van der Waals surface area contributed by atoms with Gasteiger partial charge in [0.25, 0.3) is 5.91 Å². The van der Waals surface area contributed by atoms with E-state index in [9.17, 15) is 9.59 Å². The number of benzene rings is 2. The molecular weight excluding hydrogens is 456 g/mol. The third-order valence-electron chi connectivity index (χ3n) is 3.03. The van der Waals surface area contributed by atoms with Gasteiger partial charge in [0.1, 0.15) is 4.32 Å². The zero-order valence-electron chi connectivity index (χ0n) is 12.8. The molecule has 0 atom stereocenters. The average molecular weight is 465 g/mol. The van der Waals surface area contributed by atoms with Crippen LogP contribution in [0.15, 0.2) is 41.3 Å². The number of hydrogen-bond acceptors (Lipinski definition) is 4. The van der Waals surface area contributed by atoms with Gasteiger partial charge in [-0.1, -0.05) is 82.5 Å². The highest BCUT2D eigenvalue weighted by molar-refractivity contribution is 8.26. The standard InChI is InChI=1S/C10H5Cl2NOS2.C7H4Cl2O/c11-6-2-1-3-7(12)5(6)4-8-9(14)13-10(15)16-8;8-6-2-1-3-7(9)5(6)4-10/h1-4H,(H,13,14,15);1-4H. The number of carbonyl (C=O) groups excluding carboxylic acids is 2. The van der Waals surface area contributed by atoms with Gasteiger partial charge in [0.2, 0.25) is 0 Å². The summed E-state index contributed by atoms with van der Waals surface area (Å²) < 4.78 is 0.444. The van der Waals surface area contributed by atoms with E-state index < -0.39 is 0 Å². The smallest absolute Gasteiger partial charge is 0.263 e. The molecule has 0 saturated carbocycles. The van der Waals surface area contributed by atoms with E-state index in [0.717, 1.165) is 0 Å². The van der Waals surface area contributed by atoms with Crippen molar-refractivity contribution in [2.45, 2.75) is 0 Å². The molecule has 0 unspecified atom stereocenters. The molecule has 1 aliphatic heterocycles. The number of thiocarbonyl (C=S) groups is 1. The quantitative estimate of drug-likeness (QED) is 0.322. The molecule has 9 heteroatoms. The SMILES string of the molecule is O=C1NC(=S)SC1=Cc1c(Cl)cccc1Cl.O=Cc1c(Cl)cccc1Cl. The highest BCUT2D eigenvalue weighted by atomic mass is 35.5. The van der Waals surface area contributed by atoms with Gasteiger partial charge in [0.05, 0.1) is 20.5 Å². The molecule has 1 fully saturated rings. The predicted molar refractivity (Wildman–Crippen MR) is 115 cm³/mol. The van der Waals surface area contributed by atoms with E-state index >= 15 is 0 Å². The van der Waals surface area contributed by atoms with E-state index in [-0.39, 0.29) is 5.91 Å². The second-order valence-corrected chi connectivity index (χ2v) is 8.09. The first kappa shape index (κ1) is 21.2. The van der Waals surface area contributed by atoms with Gasteiger partial charge in [0, 0.05) is 15.6 Å². The van der Waals surface area contributed by atoms with E-state index in [1.54, 1.807) is 42.5 Å². The van der Waals surface area contributed by atoms with Crippen LogP contribution in [-0.2, 0) is 4.79 Å². The maximum absolute atomic E-state index is 11.4. The fourth-order valence-electron chi connectivity index (χ4n) is 1.82. The first-order valence-corrected chi connectivity index (χ1v) is 9.65. The molecule has 1 aliphatic rings. The van der Waals surface area contributed by atoms with Crippen molar-refractivity contribution in [2.24, 2.45) is 0 Å². The van der Waals surface area contributed by atoms with Crippen LogP contribution in [0, 0.1) is 0 Å². The number of halogens is 4. The van der Waals surface area contributed by atoms with Crippen molar-refractivity contribution in [3.05, 3.63) is 72.5 Å². The molecule has 3 rings (SSSR count). The molecule has 0 aromatic heterocycles. The summed E-state index contributed by atoms with van der Waals surface area (Å²) in [6.07, 6.45) is 2.29. The molecule has 0 bridgehead atoms. The summed E-state index contributed by atoms with van der Waals surface area (Å²) in [6, 6.07) is 10.1. The van der Waals surface area contributed by atoms with E-state index in [2.05, 4.69) is 5.32 Å². The van der Waals surface area contributed by atoms with Crippen molar-refractivity contribution in [2.75, 3.05) is 0 Å². The minimum absolute atomic E-state index is 0.217. The molecule has 26 heavy (non-hydrogen) atoms. The second kappa shape index (κ2) is 9.74. The van der Waals surface area contributed by atoms with Crippen LogP contribution < -0.4 is 5.32 Å². The monoisotopic (exact) mass is 463 g/mol. The number of amides is 1. The number of hydrogen-bond donors (Lipinski definition) is 1. The topological polar surface area (TPSA) is 46.2 Å². The van der Waals surface area contributed by atoms with Crippen LogP contribution in [0.4, 0.5) is 0 Å². The Morgan fingerprint density at radius 2 is 1.35 bits per heavy atom. The maximum Gasteiger partial charge on any atom is 0.263 e. The minimum atomic E-state index is -0.217. The maximum atomic E-state index is 11.4. The summed E-state index contributed by atoms with van der Waals surface area (Å²) in [5, 5.41) is 4.32. The van der Waals surface area contributed by atoms with Gasteiger partial charge < -0.3 is 5.32 Å². The van der Waals surface area contributed by atoms with E-state index in [4.69, 9.17) is 58.6 Å². The molecule has 0 spiro atoms. The molecule has 0 aliphatic carbocycles. The lowest BCUT2D eigenvalue weighted by Crippen LogP contribution is -2.17. The Hall–Kier alpha value is -1.08. The summed E-state index contributed by atoms with van der Waals surface area (Å²) >= 11 is 29.3. The summed E-state index contributed by atoms with van der Waals surface area (Å²) in [4.78, 5) is 22.2. The number of nitrogens with one attached hydrogen (secondary N) is 1. The third kappa shape index (κ3) is 5.46. The molecule has 3 nitrogen and oxygen atoms in total. The summed E-state index contributed by atoms with van der Waals surface area (Å²) in [5.41, 5.74) is 0.985. The van der Waals surface area contributed by atoms with Gasteiger partial charge in [0.15, 0.2) is 6.29 Å². The van der Waals surface area contributed by atoms with E-state index in [0.29, 0.717) is 46.7 Å². The lowest BCUT2D eigenvalue weighted by atomic mass is 10.2. The number of thioether (sulfide) groups is 1. The highest BCUT2D eigenvalue weighted by Gasteiger charge is 2.22. The van der Waals surface area contributed by atoms with Crippen molar-refractivity contribution in [3.8, 4) is 0 Å². The van der Waals surface area contributed by atoms with Crippen LogP contribution >= 0.6 is 70.4 Å². The van der Waals surface area contributed by atoms with Gasteiger partial charge in [-0.3, -0.25) is 9.59 Å². The molecule has 134 valence electrons. The van der Waals surface area contributed by atoms with E-state index in [1.807, 2.05) is 0 Å². The largest absolute Gasteiger partial charge is 0.307 e. The lowest BCUT2D eigenvalue weighted by molar-refractivity contribution is -0.115. The van der Waals surface area contributed by atoms with Gasteiger partial charge in [-0.15, -0.1) is 0 Å². The van der Waals surface area contributed by atoms with Crippen LogP contribution in [0.25, 0.3) is 6.08 Å². The van der Waals surface area contributed by atoms with Crippen molar-refractivity contribution in [3.63, 3.8) is 0 Å². The highest BCUT2D eigenvalue weighted by Crippen LogP contribution is 2.31. The fourth-order valence-corrected chi connectivity index (χ4v) is 3.84. The van der Waals surface area contributed by atoms with Crippen molar-refractivity contribution in [1.29, 1.82) is 0 Å². The fraction of sp³-hybridized carbons (Fsp3) is 0.